The first-order valence-electron chi connectivity index (χ1n) is 6.95. The number of ether oxygens (including phenoxy) is 3. The minimum Gasteiger partial charge on any atom is -0.497 e. The number of esters is 1. The summed E-state index contributed by atoms with van der Waals surface area (Å²) in [5.41, 5.74) is 1.65. The van der Waals surface area contributed by atoms with Crippen LogP contribution in [0.5, 0.6) is 11.5 Å². The maximum Gasteiger partial charge on any atom is 0.342 e. The van der Waals surface area contributed by atoms with Gasteiger partial charge in [0.25, 0.3) is 0 Å². The number of nitrogens with zero attached hydrogens (tertiary/aromatic N) is 1. The van der Waals surface area contributed by atoms with E-state index in [0.717, 1.165) is 5.52 Å². The molecule has 1 aromatic heterocycles. The Labute approximate surface area is 132 Å². The van der Waals surface area contributed by atoms with Gasteiger partial charge in [-0.15, -0.1) is 0 Å². The molecule has 0 bridgehead atoms. The Morgan fingerprint density at radius 2 is 1.96 bits per heavy atom. The molecular formula is C17H15NO5. The zero-order valence-electron chi connectivity index (χ0n) is 12.7. The topological polar surface area (TPSA) is 70.8 Å². The van der Waals surface area contributed by atoms with Crippen LogP contribution in [0.15, 0.2) is 46.9 Å². The van der Waals surface area contributed by atoms with Gasteiger partial charge in [-0.3, -0.25) is 0 Å². The number of rotatable bonds is 5. The molecule has 0 aliphatic rings. The molecule has 0 unspecified atom stereocenters. The van der Waals surface area contributed by atoms with Crippen LogP contribution in [-0.2, 0) is 11.3 Å². The first-order valence-corrected chi connectivity index (χ1v) is 6.95. The quantitative estimate of drug-likeness (QED) is 0.674. The second-order valence-electron chi connectivity index (χ2n) is 4.72. The van der Waals surface area contributed by atoms with Gasteiger partial charge in [0.15, 0.2) is 12.2 Å². The van der Waals surface area contributed by atoms with E-state index in [2.05, 4.69) is 4.98 Å². The van der Waals surface area contributed by atoms with Crippen LogP contribution in [0.25, 0.3) is 11.1 Å². The van der Waals surface area contributed by atoms with Gasteiger partial charge in [0.05, 0.1) is 14.2 Å². The lowest BCUT2D eigenvalue weighted by Gasteiger charge is -2.09. The van der Waals surface area contributed by atoms with Crippen molar-refractivity contribution in [1.82, 2.24) is 4.98 Å². The van der Waals surface area contributed by atoms with Gasteiger partial charge < -0.3 is 18.6 Å². The highest BCUT2D eigenvalue weighted by molar-refractivity contribution is 5.93. The Kier molecular flexibility index (Phi) is 4.14. The Morgan fingerprint density at radius 3 is 2.70 bits per heavy atom. The lowest BCUT2D eigenvalue weighted by atomic mass is 10.2. The molecule has 0 saturated carbocycles. The molecule has 0 aliphatic carbocycles. The summed E-state index contributed by atoms with van der Waals surface area (Å²) >= 11 is 0. The molecule has 0 spiro atoms. The van der Waals surface area contributed by atoms with Gasteiger partial charge >= 0.3 is 5.97 Å². The number of oxazole rings is 1. The fraction of sp³-hybridized carbons (Fsp3) is 0.176. The average molecular weight is 313 g/mol. The summed E-state index contributed by atoms with van der Waals surface area (Å²) in [6.45, 7) is -0.0616. The van der Waals surface area contributed by atoms with Gasteiger partial charge in [-0.1, -0.05) is 12.1 Å². The summed E-state index contributed by atoms with van der Waals surface area (Å²) in [4.78, 5) is 16.5. The first-order chi connectivity index (χ1) is 11.2. The van der Waals surface area contributed by atoms with Crippen molar-refractivity contribution in [2.75, 3.05) is 14.2 Å². The molecule has 0 radical (unpaired) electrons. The van der Waals surface area contributed by atoms with E-state index in [1.165, 1.54) is 14.2 Å². The highest BCUT2D eigenvalue weighted by atomic mass is 16.5. The number of carbonyl (C=O) groups is 1. The highest BCUT2D eigenvalue weighted by Crippen LogP contribution is 2.25. The van der Waals surface area contributed by atoms with E-state index >= 15 is 0 Å². The van der Waals surface area contributed by atoms with Crippen LogP contribution in [0, 0.1) is 0 Å². The molecule has 1 heterocycles. The zero-order valence-corrected chi connectivity index (χ0v) is 12.7. The summed E-state index contributed by atoms with van der Waals surface area (Å²) in [6, 6.07) is 12.3. The van der Waals surface area contributed by atoms with E-state index in [-0.39, 0.29) is 12.2 Å². The monoisotopic (exact) mass is 313 g/mol. The molecule has 0 fully saturated rings. The molecule has 6 nitrogen and oxygen atoms in total. The van der Waals surface area contributed by atoms with E-state index in [0.29, 0.717) is 23.0 Å². The standard InChI is InChI=1S/C17H15NO5/c1-20-11-7-8-14(21-2)12(9-11)17(19)22-10-16-18-13-5-3-4-6-15(13)23-16/h3-9H,10H2,1-2H3. The van der Waals surface area contributed by atoms with Crippen molar-refractivity contribution < 1.29 is 23.4 Å². The molecule has 6 heteroatoms. The number of fused-ring (bicyclic) bond motifs is 1. The SMILES string of the molecule is COc1ccc(OC)c(C(=O)OCc2nc3ccccc3o2)c1. The van der Waals surface area contributed by atoms with Crippen molar-refractivity contribution in [2.24, 2.45) is 0 Å². The van der Waals surface area contributed by atoms with Crippen LogP contribution in [0.3, 0.4) is 0 Å². The number of aromatic nitrogens is 1. The van der Waals surface area contributed by atoms with Crippen LogP contribution in [0.4, 0.5) is 0 Å². The van der Waals surface area contributed by atoms with E-state index in [4.69, 9.17) is 18.6 Å². The summed E-state index contributed by atoms with van der Waals surface area (Å²) in [5.74, 6) is 0.748. The Bertz CT molecular complexity index is 807. The molecule has 3 rings (SSSR count). The van der Waals surface area contributed by atoms with E-state index in [1.54, 1.807) is 24.3 Å². The average Bonchev–Trinajstić information content (AvgIpc) is 3.02. The van der Waals surface area contributed by atoms with Gasteiger partial charge in [0, 0.05) is 0 Å². The molecule has 0 atom stereocenters. The molecule has 118 valence electrons. The maximum atomic E-state index is 12.3. The van der Waals surface area contributed by atoms with Crippen molar-refractivity contribution >= 4 is 17.1 Å². The van der Waals surface area contributed by atoms with Crippen LogP contribution in [-0.4, -0.2) is 25.2 Å². The third-order valence-electron chi connectivity index (χ3n) is 3.29. The minimum absolute atomic E-state index is 0.0616. The number of hydrogen-bond acceptors (Lipinski definition) is 6. The summed E-state index contributed by atoms with van der Waals surface area (Å²) in [5, 5.41) is 0. The Hall–Kier alpha value is -3.02. The molecule has 0 N–H and O–H groups in total. The third-order valence-corrected chi connectivity index (χ3v) is 3.29. The van der Waals surface area contributed by atoms with Crippen LogP contribution < -0.4 is 9.47 Å². The highest BCUT2D eigenvalue weighted by Gasteiger charge is 2.16. The van der Waals surface area contributed by atoms with E-state index in [1.807, 2.05) is 18.2 Å². The molecule has 0 amide bonds. The number of hydrogen-bond donors (Lipinski definition) is 0. The predicted octanol–water partition coefficient (Wildman–Crippen LogP) is 3.20. The number of methoxy groups -OCH3 is 2. The van der Waals surface area contributed by atoms with Crippen molar-refractivity contribution in [3.05, 3.63) is 53.9 Å². The summed E-state index contributed by atoms with van der Waals surface area (Å²) < 4.78 is 21.0. The molecule has 2 aromatic carbocycles. The molecule has 3 aromatic rings. The normalized spacial score (nSPS) is 10.5. The molecular weight excluding hydrogens is 298 g/mol. The van der Waals surface area contributed by atoms with Gasteiger partial charge in [-0.25, -0.2) is 9.78 Å². The van der Waals surface area contributed by atoms with Gasteiger partial charge in [-0.05, 0) is 30.3 Å². The van der Waals surface area contributed by atoms with E-state index < -0.39 is 5.97 Å². The number of carbonyl (C=O) groups excluding carboxylic acids is 1. The van der Waals surface area contributed by atoms with Crippen LogP contribution >= 0.6 is 0 Å². The largest absolute Gasteiger partial charge is 0.497 e. The molecule has 0 saturated heterocycles. The minimum atomic E-state index is -0.539. The van der Waals surface area contributed by atoms with Crippen LogP contribution in [0.1, 0.15) is 16.2 Å². The van der Waals surface area contributed by atoms with Crippen LogP contribution in [0.2, 0.25) is 0 Å². The lowest BCUT2D eigenvalue weighted by Crippen LogP contribution is -2.07. The number of para-hydroxylation sites is 2. The van der Waals surface area contributed by atoms with Crippen molar-refractivity contribution in [1.29, 1.82) is 0 Å². The van der Waals surface area contributed by atoms with Gasteiger partial charge in [0.2, 0.25) is 5.89 Å². The molecule has 0 aliphatic heterocycles. The fourth-order valence-corrected chi connectivity index (χ4v) is 2.16. The number of benzene rings is 2. The predicted molar refractivity (Wildman–Crippen MR) is 82.7 cm³/mol. The summed E-state index contributed by atoms with van der Waals surface area (Å²) in [6.07, 6.45) is 0. The fourth-order valence-electron chi connectivity index (χ4n) is 2.16. The first kappa shape index (κ1) is 14.9. The Morgan fingerprint density at radius 1 is 1.13 bits per heavy atom. The van der Waals surface area contributed by atoms with Gasteiger partial charge in [0.1, 0.15) is 22.6 Å². The Balaban J connectivity index is 1.76. The summed E-state index contributed by atoms with van der Waals surface area (Å²) in [7, 11) is 3.01. The third kappa shape index (κ3) is 3.11. The van der Waals surface area contributed by atoms with Crippen molar-refractivity contribution in [2.45, 2.75) is 6.61 Å². The smallest absolute Gasteiger partial charge is 0.342 e. The second kappa shape index (κ2) is 6.39. The maximum absolute atomic E-state index is 12.3. The lowest BCUT2D eigenvalue weighted by molar-refractivity contribution is 0.0436. The van der Waals surface area contributed by atoms with Crippen molar-refractivity contribution in [3.8, 4) is 11.5 Å². The van der Waals surface area contributed by atoms with E-state index in [9.17, 15) is 4.79 Å². The van der Waals surface area contributed by atoms with Crippen molar-refractivity contribution in [3.63, 3.8) is 0 Å². The second-order valence-corrected chi connectivity index (χ2v) is 4.72. The zero-order chi connectivity index (χ0) is 16.2. The van der Waals surface area contributed by atoms with Gasteiger partial charge in [-0.2, -0.15) is 0 Å². The molecule has 23 heavy (non-hydrogen) atoms.